The van der Waals surface area contributed by atoms with Crippen molar-refractivity contribution in [3.05, 3.63) is 0 Å². The van der Waals surface area contributed by atoms with E-state index in [-0.39, 0.29) is 6.29 Å². The summed E-state index contributed by atoms with van der Waals surface area (Å²) >= 11 is 0. The van der Waals surface area contributed by atoms with Crippen LogP contribution < -0.4 is 0 Å². The molecule has 0 aromatic carbocycles. The van der Waals surface area contributed by atoms with Crippen LogP contribution in [0.4, 0.5) is 0 Å². The molecule has 1 unspecified atom stereocenters. The van der Waals surface area contributed by atoms with Crippen LogP contribution in [0.25, 0.3) is 0 Å². The Kier molecular flexibility index (Phi) is 4.87. The van der Waals surface area contributed by atoms with Crippen LogP contribution in [0.1, 0.15) is 59.3 Å². The molecule has 0 N–H and O–H groups in total. The van der Waals surface area contributed by atoms with Crippen molar-refractivity contribution >= 4 is 0 Å². The molecule has 2 aliphatic rings. The van der Waals surface area contributed by atoms with Gasteiger partial charge in [0, 0.05) is 6.61 Å². The standard InChI is InChI=1S/C15H28O2/c1-11(2)13-8-7-12(3)10-14(13)17-15-6-4-5-9-16-15/h11-15H,4-10H2,1-3H3/t12-,13-,14-,15?/m1/s1. The van der Waals surface area contributed by atoms with E-state index in [0.29, 0.717) is 6.10 Å². The van der Waals surface area contributed by atoms with Gasteiger partial charge in [0.15, 0.2) is 6.29 Å². The second kappa shape index (κ2) is 6.19. The molecule has 1 aliphatic carbocycles. The molecule has 0 amide bonds. The molecule has 17 heavy (non-hydrogen) atoms. The van der Waals surface area contributed by atoms with Crippen molar-refractivity contribution in [2.24, 2.45) is 17.8 Å². The molecule has 1 saturated carbocycles. The second-order valence-corrected chi connectivity index (χ2v) is 6.30. The van der Waals surface area contributed by atoms with Crippen LogP contribution >= 0.6 is 0 Å². The minimum Gasteiger partial charge on any atom is -0.353 e. The van der Waals surface area contributed by atoms with Crippen molar-refractivity contribution in [3.8, 4) is 0 Å². The molecule has 0 aromatic rings. The molecule has 0 aromatic heterocycles. The number of hydrogen-bond donors (Lipinski definition) is 0. The molecule has 4 atom stereocenters. The first-order valence-corrected chi connectivity index (χ1v) is 7.44. The molecule has 1 heterocycles. The van der Waals surface area contributed by atoms with Crippen molar-refractivity contribution < 1.29 is 9.47 Å². The lowest BCUT2D eigenvalue weighted by molar-refractivity contribution is -0.210. The van der Waals surface area contributed by atoms with Crippen LogP contribution in [-0.2, 0) is 9.47 Å². The molecule has 0 bridgehead atoms. The van der Waals surface area contributed by atoms with Crippen LogP contribution in [0.2, 0.25) is 0 Å². The minimum absolute atomic E-state index is 0.0836. The molecule has 0 radical (unpaired) electrons. The van der Waals surface area contributed by atoms with Crippen LogP contribution in [0.5, 0.6) is 0 Å². The first-order chi connectivity index (χ1) is 8.16. The van der Waals surface area contributed by atoms with E-state index in [0.717, 1.165) is 30.8 Å². The van der Waals surface area contributed by atoms with Gasteiger partial charge in [-0.1, -0.05) is 27.2 Å². The molecule has 2 nitrogen and oxygen atoms in total. The zero-order valence-electron chi connectivity index (χ0n) is 11.7. The van der Waals surface area contributed by atoms with E-state index in [9.17, 15) is 0 Å². The predicted octanol–water partition coefficient (Wildman–Crippen LogP) is 3.99. The Bertz CT molecular complexity index is 221. The van der Waals surface area contributed by atoms with Gasteiger partial charge in [0.05, 0.1) is 6.10 Å². The zero-order chi connectivity index (χ0) is 12.3. The van der Waals surface area contributed by atoms with Gasteiger partial charge in [-0.15, -0.1) is 0 Å². The molecule has 100 valence electrons. The summed E-state index contributed by atoms with van der Waals surface area (Å²) in [4.78, 5) is 0. The van der Waals surface area contributed by atoms with Gasteiger partial charge < -0.3 is 9.47 Å². The average Bonchev–Trinajstić information content (AvgIpc) is 2.30. The van der Waals surface area contributed by atoms with Gasteiger partial charge in [-0.3, -0.25) is 0 Å². The highest BCUT2D eigenvalue weighted by Gasteiger charge is 2.33. The van der Waals surface area contributed by atoms with E-state index >= 15 is 0 Å². The summed E-state index contributed by atoms with van der Waals surface area (Å²) in [6.45, 7) is 7.91. The maximum absolute atomic E-state index is 6.25. The molecule has 2 heteroatoms. The summed E-state index contributed by atoms with van der Waals surface area (Å²) in [7, 11) is 0. The van der Waals surface area contributed by atoms with Gasteiger partial charge in [0.1, 0.15) is 0 Å². The fourth-order valence-corrected chi connectivity index (χ4v) is 3.28. The molecule has 0 spiro atoms. The number of hydrogen-bond acceptors (Lipinski definition) is 2. The van der Waals surface area contributed by atoms with Gasteiger partial charge >= 0.3 is 0 Å². The highest BCUT2D eigenvalue weighted by molar-refractivity contribution is 4.81. The van der Waals surface area contributed by atoms with Crippen molar-refractivity contribution in [3.63, 3.8) is 0 Å². The van der Waals surface area contributed by atoms with Crippen LogP contribution in [0.3, 0.4) is 0 Å². The smallest absolute Gasteiger partial charge is 0.157 e. The normalized spacial score (nSPS) is 39.5. The Morgan fingerprint density at radius 2 is 1.94 bits per heavy atom. The zero-order valence-corrected chi connectivity index (χ0v) is 11.7. The lowest BCUT2D eigenvalue weighted by atomic mass is 9.75. The molecular weight excluding hydrogens is 212 g/mol. The van der Waals surface area contributed by atoms with E-state index in [1.807, 2.05) is 0 Å². The third-order valence-corrected chi connectivity index (χ3v) is 4.43. The van der Waals surface area contributed by atoms with Crippen molar-refractivity contribution in [1.29, 1.82) is 0 Å². The fourth-order valence-electron chi connectivity index (χ4n) is 3.28. The fraction of sp³-hybridized carbons (Fsp3) is 1.00. The maximum atomic E-state index is 6.25. The SMILES string of the molecule is CC(C)[C@H]1CC[C@@H](C)C[C@H]1OC1CCCCO1. The summed E-state index contributed by atoms with van der Waals surface area (Å²) < 4.78 is 12.0. The van der Waals surface area contributed by atoms with Gasteiger partial charge in [-0.05, 0) is 49.9 Å². The van der Waals surface area contributed by atoms with Gasteiger partial charge in [0.2, 0.25) is 0 Å². The summed E-state index contributed by atoms with van der Waals surface area (Å²) in [6.07, 6.45) is 8.00. The summed E-state index contributed by atoms with van der Waals surface area (Å²) in [5.74, 6) is 2.28. The van der Waals surface area contributed by atoms with E-state index in [4.69, 9.17) is 9.47 Å². The molecular formula is C15H28O2. The summed E-state index contributed by atoms with van der Waals surface area (Å²) in [5.41, 5.74) is 0. The Labute approximate surface area is 106 Å². The van der Waals surface area contributed by atoms with E-state index in [2.05, 4.69) is 20.8 Å². The topological polar surface area (TPSA) is 18.5 Å². The van der Waals surface area contributed by atoms with Crippen molar-refractivity contribution in [2.45, 2.75) is 71.7 Å². The predicted molar refractivity (Wildman–Crippen MR) is 69.8 cm³/mol. The second-order valence-electron chi connectivity index (χ2n) is 6.30. The number of rotatable bonds is 3. The lowest BCUT2D eigenvalue weighted by Gasteiger charge is -2.39. The van der Waals surface area contributed by atoms with Gasteiger partial charge in [0.25, 0.3) is 0 Å². The minimum atomic E-state index is 0.0836. The van der Waals surface area contributed by atoms with Gasteiger partial charge in [-0.2, -0.15) is 0 Å². The van der Waals surface area contributed by atoms with Crippen LogP contribution in [-0.4, -0.2) is 19.0 Å². The van der Waals surface area contributed by atoms with Crippen molar-refractivity contribution in [2.75, 3.05) is 6.61 Å². The Morgan fingerprint density at radius 1 is 1.12 bits per heavy atom. The highest BCUT2D eigenvalue weighted by Crippen LogP contribution is 2.36. The molecule has 1 saturated heterocycles. The molecule has 1 aliphatic heterocycles. The molecule has 2 fully saturated rings. The third kappa shape index (κ3) is 3.69. The third-order valence-electron chi connectivity index (χ3n) is 4.43. The Hall–Kier alpha value is -0.0800. The Morgan fingerprint density at radius 3 is 2.59 bits per heavy atom. The number of ether oxygens (including phenoxy) is 2. The average molecular weight is 240 g/mol. The van der Waals surface area contributed by atoms with Crippen LogP contribution in [0, 0.1) is 17.8 Å². The highest BCUT2D eigenvalue weighted by atomic mass is 16.7. The first kappa shape index (κ1) is 13.4. The molecule has 2 rings (SSSR count). The quantitative estimate of drug-likeness (QED) is 0.742. The van der Waals surface area contributed by atoms with E-state index < -0.39 is 0 Å². The monoisotopic (exact) mass is 240 g/mol. The van der Waals surface area contributed by atoms with E-state index in [1.54, 1.807) is 0 Å². The summed E-state index contributed by atoms with van der Waals surface area (Å²) in [5, 5.41) is 0. The van der Waals surface area contributed by atoms with E-state index in [1.165, 1.54) is 32.1 Å². The largest absolute Gasteiger partial charge is 0.353 e. The maximum Gasteiger partial charge on any atom is 0.157 e. The lowest BCUT2D eigenvalue weighted by Crippen LogP contribution is -2.38. The van der Waals surface area contributed by atoms with Gasteiger partial charge in [-0.25, -0.2) is 0 Å². The summed E-state index contributed by atoms with van der Waals surface area (Å²) in [6, 6.07) is 0. The Balaban J connectivity index is 1.89. The first-order valence-electron chi connectivity index (χ1n) is 7.44. The van der Waals surface area contributed by atoms with Crippen LogP contribution in [0.15, 0.2) is 0 Å². The van der Waals surface area contributed by atoms with Crippen molar-refractivity contribution in [1.82, 2.24) is 0 Å².